The molecule has 1 atom stereocenters. The molecule has 1 unspecified atom stereocenters. The zero-order chi connectivity index (χ0) is 21.5. The normalized spacial score (nSPS) is 15.7. The van der Waals surface area contributed by atoms with Gasteiger partial charge in [-0.15, -0.1) is 0 Å². The molecule has 0 bridgehead atoms. The summed E-state index contributed by atoms with van der Waals surface area (Å²) in [4.78, 5) is 28.9. The summed E-state index contributed by atoms with van der Waals surface area (Å²) in [7, 11) is 0. The third-order valence-electron chi connectivity index (χ3n) is 5.45. The average Bonchev–Trinajstić information content (AvgIpc) is 2.77. The Hall–Kier alpha value is -2.86. The first kappa shape index (κ1) is 21.8. The van der Waals surface area contributed by atoms with Crippen molar-refractivity contribution >= 4 is 17.5 Å². The third-order valence-corrected chi connectivity index (χ3v) is 5.45. The number of para-hydroxylation sites is 2. The van der Waals surface area contributed by atoms with Gasteiger partial charge in [0.2, 0.25) is 5.91 Å². The highest BCUT2D eigenvalue weighted by Gasteiger charge is 2.31. The largest absolute Gasteiger partial charge is 0.479 e. The summed E-state index contributed by atoms with van der Waals surface area (Å²) in [5.74, 6) is 0.478. The van der Waals surface area contributed by atoms with Crippen molar-refractivity contribution in [3.05, 3.63) is 59.7 Å². The Morgan fingerprint density at radius 2 is 1.73 bits per heavy atom. The molecule has 0 saturated heterocycles. The van der Waals surface area contributed by atoms with Crippen molar-refractivity contribution in [3.8, 4) is 5.75 Å². The highest BCUT2D eigenvalue weighted by Crippen LogP contribution is 2.33. The predicted octanol–water partition coefficient (Wildman–Crippen LogP) is 3.35. The van der Waals surface area contributed by atoms with Gasteiger partial charge in [-0.3, -0.25) is 14.5 Å². The molecular weight excluding hydrogens is 378 g/mol. The molecular formula is C24H31N3O3. The standard InChI is InChI=1S/C24H31N3O3/c1-4-26(5-2)17-20-12-10-19(11-13-20)16-25-23(28)14-15-27-21-8-6-7-9-22(21)30-18(3)24(27)29/h6-13,18H,4-5,14-17H2,1-3H3,(H,25,28). The molecule has 0 aromatic heterocycles. The molecule has 0 aliphatic carbocycles. The highest BCUT2D eigenvalue weighted by atomic mass is 16.5. The van der Waals surface area contributed by atoms with Crippen LogP contribution in [0, 0.1) is 0 Å². The monoisotopic (exact) mass is 409 g/mol. The fourth-order valence-corrected chi connectivity index (χ4v) is 3.56. The summed E-state index contributed by atoms with van der Waals surface area (Å²) in [5.41, 5.74) is 3.05. The van der Waals surface area contributed by atoms with Gasteiger partial charge >= 0.3 is 0 Å². The van der Waals surface area contributed by atoms with Crippen LogP contribution in [0.5, 0.6) is 5.75 Å². The molecule has 2 aromatic carbocycles. The summed E-state index contributed by atoms with van der Waals surface area (Å²) < 4.78 is 5.64. The van der Waals surface area contributed by atoms with Gasteiger partial charge in [0.05, 0.1) is 5.69 Å². The van der Waals surface area contributed by atoms with E-state index >= 15 is 0 Å². The molecule has 3 rings (SSSR count). The number of rotatable bonds is 9. The van der Waals surface area contributed by atoms with E-state index in [1.807, 2.05) is 24.3 Å². The van der Waals surface area contributed by atoms with Crippen molar-refractivity contribution in [1.29, 1.82) is 0 Å². The van der Waals surface area contributed by atoms with Crippen LogP contribution < -0.4 is 15.0 Å². The van der Waals surface area contributed by atoms with Crippen LogP contribution >= 0.6 is 0 Å². The lowest BCUT2D eigenvalue weighted by atomic mass is 10.1. The summed E-state index contributed by atoms with van der Waals surface area (Å²) in [6.07, 6.45) is -0.301. The first-order valence-corrected chi connectivity index (χ1v) is 10.7. The van der Waals surface area contributed by atoms with Crippen LogP contribution in [0.3, 0.4) is 0 Å². The van der Waals surface area contributed by atoms with Crippen LogP contribution in [-0.2, 0) is 22.7 Å². The Balaban J connectivity index is 1.50. The molecule has 30 heavy (non-hydrogen) atoms. The molecule has 2 aromatic rings. The molecule has 0 fully saturated rings. The first-order chi connectivity index (χ1) is 14.5. The summed E-state index contributed by atoms with van der Waals surface area (Å²) >= 11 is 0. The summed E-state index contributed by atoms with van der Waals surface area (Å²) in [5, 5.41) is 2.95. The van der Waals surface area contributed by atoms with E-state index in [1.54, 1.807) is 11.8 Å². The van der Waals surface area contributed by atoms with Gasteiger partial charge in [-0.2, -0.15) is 0 Å². The van der Waals surface area contributed by atoms with Gasteiger partial charge in [0.1, 0.15) is 5.75 Å². The topological polar surface area (TPSA) is 61.9 Å². The molecule has 6 heteroatoms. The fourth-order valence-electron chi connectivity index (χ4n) is 3.56. The SMILES string of the molecule is CCN(CC)Cc1ccc(CNC(=O)CCN2C(=O)C(C)Oc3ccccc32)cc1. The molecule has 2 amide bonds. The number of carbonyl (C=O) groups excluding carboxylic acids is 2. The second kappa shape index (κ2) is 10.3. The summed E-state index contributed by atoms with van der Waals surface area (Å²) in [6.45, 7) is 9.87. The number of amides is 2. The van der Waals surface area contributed by atoms with E-state index in [2.05, 4.69) is 48.3 Å². The van der Waals surface area contributed by atoms with E-state index in [1.165, 1.54) is 5.56 Å². The van der Waals surface area contributed by atoms with Crippen molar-refractivity contribution < 1.29 is 14.3 Å². The Morgan fingerprint density at radius 3 is 2.43 bits per heavy atom. The van der Waals surface area contributed by atoms with Gasteiger partial charge in [0.25, 0.3) is 5.91 Å². The molecule has 1 heterocycles. The zero-order valence-electron chi connectivity index (χ0n) is 18.1. The molecule has 1 aliphatic rings. The van der Waals surface area contributed by atoms with Crippen LogP contribution in [0.1, 0.15) is 38.3 Å². The Kier molecular flexibility index (Phi) is 7.46. The number of hydrogen-bond donors (Lipinski definition) is 1. The number of nitrogens with zero attached hydrogens (tertiary/aromatic N) is 2. The van der Waals surface area contributed by atoms with Crippen molar-refractivity contribution in [1.82, 2.24) is 10.2 Å². The molecule has 1 N–H and O–H groups in total. The second-order valence-electron chi connectivity index (χ2n) is 7.52. The number of carbonyl (C=O) groups is 2. The third kappa shape index (κ3) is 5.39. The average molecular weight is 410 g/mol. The van der Waals surface area contributed by atoms with Gasteiger partial charge in [-0.05, 0) is 43.3 Å². The Labute approximate surface area is 178 Å². The van der Waals surface area contributed by atoms with E-state index < -0.39 is 6.10 Å². The smallest absolute Gasteiger partial charge is 0.267 e. The molecule has 0 radical (unpaired) electrons. The molecule has 0 saturated carbocycles. The maximum Gasteiger partial charge on any atom is 0.267 e. The van der Waals surface area contributed by atoms with Crippen LogP contribution in [0.25, 0.3) is 0 Å². The van der Waals surface area contributed by atoms with E-state index in [0.29, 0.717) is 18.8 Å². The second-order valence-corrected chi connectivity index (χ2v) is 7.52. The summed E-state index contributed by atoms with van der Waals surface area (Å²) in [6, 6.07) is 15.8. The number of nitrogens with one attached hydrogen (secondary N) is 1. The van der Waals surface area contributed by atoms with Crippen molar-refractivity contribution in [2.24, 2.45) is 0 Å². The maximum absolute atomic E-state index is 12.5. The van der Waals surface area contributed by atoms with Gasteiger partial charge < -0.3 is 15.0 Å². The Morgan fingerprint density at radius 1 is 1.07 bits per heavy atom. The number of ether oxygens (including phenoxy) is 1. The highest BCUT2D eigenvalue weighted by molar-refractivity contribution is 6.00. The minimum absolute atomic E-state index is 0.0772. The molecule has 0 spiro atoms. The van der Waals surface area contributed by atoms with Gasteiger partial charge in [-0.25, -0.2) is 0 Å². The Bertz CT molecular complexity index is 862. The molecule has 6 nitrogen and oxygen atoms in total. The van der Waals surface area contributed by atoms with Crippen LogP contribution in [0.15, 0.2) is 48.5 Å². The van der Waals surface area contributed by atoms with Crippen LogP contribution in [0.4, 0.5) is 5.69 Å². The lowest BCUT2D eigenvalue weighted by Gasteiger charge is -2.32. The quantitative estimate of drug-likeness (QED) is 0.690. The molecule has 1 aliphatic heterocycles. The van der Waals surface area contributed by atoms with Crippen molar-refractivity contribution in [2.45, 2.75) is 46.4 Å². The predicted molar refractivity (Wildman–Crippen MR) is 118 cm³/mol. The molecule has 160 valence electrons. The van der Waals surface area contributed by atoms with E-state index in [-0.39, 0.29) is 18.2 Å². The van der Waals surface area contributed by atoms with Crippen LogP contribution in [-0.4, -0.2) is 42.5 Å². The minimum atomic E-state index is -0.544. The van der Waals surface area contributed by atoms with Gasteiger partial charge in [0.15, 0.2) is 6.10 Å². The lowest BCUT2D eigenvalue weighted by Crippen LogP contribution is -2.45. The minimum Gasteiger partial charge on any atom is -0.479 e. The maximum atomic E-state index is 12.5. The van der Waals surface area contributed by atoms with E-state index in [4.69, 9.17) is 4.74 Å². The van der Waals surface area contributed by atoms with E-state index in [0.717, 1.165) is 30.9 Å². The first-order valence-electron chi connectivity index (χ1n) is 10.7. The number of anilines is 1. The van der Waals surface area contributed by atoms with Crippen molar-refractivity contribution in [3.63, 3.8) is 0 Å². The zero-order valence-corrected chi connectivity index (χ0v) is 18.1. The van der Waals surface area contributed by atoms with Gasteiger partial charge in [-0.1, -0.05) is 50.2 Å². The number of benzene rings is 2. The number of fused-ring (bicyclic) bond motifs is 1. The lowest BCUT2D eigenvalue weighted by molar-refractivity contribution is -0.125. The fraction of sp³-hybridized carbons (Fsp3) is 0.417. The van der Waals surface area contributed by atoms with Crippen LogP contribution in [0.2, 0.25) is 0 Å². The van der Waals surface area contributed by atoms with Crippen molar-refractivity contribution in [2.75, 3.05) is 24.5 Å². The van der Waals surface area contributed by atoms with E-state index in [9.17, 15) is 9.59 Å². The number of hydrogen-bond acceptors (Lipinski definition) is 4. The van der Waals surface area contributed by atoms with Gasteiger partial charge in [0, 0.05) is 26.1 Å².